The summed E-state index contributed by atoms with van der Waals surface area (Å²) in [7, 11) is 0. The maximum absolute atomic E-state index is 11.0. The van der Waals surface area contributed by atoms with E-state index in [1.165, 1.54) is 12.8 Å². The highest BCUT2D eigenvalue weighted by molar-refractivity contribution is 8.01. The highest BCUT2D eigenvalue weighted by Crippen LogP contribution is 2.53. The van der Waals surface area contributed by atoms with Gasteiger partial charge in [-0.25, -0.2) is 0 Å². The summed E-state index contributed by atoms with van der Waals surface area (Å²) in [4.78, 5) is 0. The van der Waals surface area contributed by atoms with Crippen LogP contribution in [0.2, 0.25) is 0 Å². The zero-order chi connectivity index (χ0) is 15.0. The highest BCUT2D eigenvalue weighted by atomic mass is 32.2. The largest absolute Gasteiger partial charge is 0.386 e. The Morgan fingerprint density at radius 1 is 1.30 bits per heavy atom. The predicted molar refractivity (Wildman–Crippen MR) is 87.0 cm³/mol. The third-order valence-corrected chi connectivity index (χ3v) is 7.06. The number of rotatable bonds is 4. The molecular weight excluding hydrogens is 268 g/mol. The van der Waals surface area contributed by atoms with Gasteiger partial charge < -0.3 is 9.84 Å². The van der Waals surface area contributed by atoms with Gasteiger partial charge in [-0.2, -0.15) is 0 Å². The molecule has 1 aliphatic heterocycles. The monoisotopic (exact) mass is 300 g/mol. The first-order valence-corrected chi connectivity index (χ1v) is 9.26. The van der Waals surface area contributed by atoms with Crippen LogP contribution in [-0.4, -0.2) is 27.0 Å². The second-order valence-corrected chi connectivity index (χ2v) is 9.18. The molecule has 1 heterocycles. The molecule has 0 spiro atoms. The summed E-state index contributed by atoms with van der Waals surface area (Å²) in [6.07, 6.45) is 6.73. The maximum Gasteiger partial charge on any atom is 0.132 e. The number of thioether (sulfide) groups is 1. The van der Waals surface area contributed by atoms with Crippen molar-refractivity contribution in [3.8, 4) is 0 Å². The second-order valence-electron chi connectivity index (χ2n) is 7.46. The number of fused-ring (bicyclic) bond motifs is 1. The van der Waals surface area contributed by atoms with E-state index in [-0.39, 0.29) is 10.2 Å². The smallest absolute Gasteiger partial charge is 0.132 e. The fourth-order valence-corrected chi connectivity index (χ4v) is 5.65. The lowest BCUT2D eigenvalue weighted by Crippen LogP contribution is -2.55. The summed E-state index contributed by atoms with van der Waals surface area (Å²) in [6.45, 7) is 11.3. The van der Waals surface area contributed by atoms with Crippen molar-refractivity contribution in [2.24, 2.45) is 11.8 Å². The Balaban J connectivity index is 2.17. The van der Waals surface area contributed by atoms with Crippen LogP contribution in [0.5, 0.6) is 0 Å². The fraction of sp³-hybridized carbons (Fsp3) is 1.00. The van der Waals surface area contributed by atoms with Gasteiger partial charge in [0, 0.05) is 4.75 Å². The molecule has 0 amide bonds. The molecule has 1 aliphatic carbocycles. The topological polar surface area (TPSA) is 29.5 Å². The molecule has 1 N–H and O–H groups in total. The van der Waals surface area contributed by atoms with Crippen molar-refractivity contribution in [2.45, 2.75) is 95.0 Å². The summed E-state index contributed by atoms with van der Waals surface area (Å²) in [6, 6.07) is 0. The number of aliphatic hydroxyl groups is 1. The number of hydrogen-bond donors (Lipinski definition) is 1. The molecule has 0 bridgehead atoms. The summed E-state index contributed by atoms with van der Waals surface area (Å²) in [5, 5.41) is 11.0. The molecule has 2 fully saturated rings. The molecule has 0 aromatic carbocycles. The van der Waals surface area contributed by atoms with Gasteiger partial charge in [0.15, 0.2) is 0 Å². The van der Waals surface area contributed by atoms with Crippen LogP contribution < -0.4 is 0 Å². The standard InChI is InChI=1S/C17H32O2S/c1-6-10-17(18,7-2)15-19-14-11-12(3)8-9-13(14)16(4,5)20-15/h12-15,18H,6-11H2,1-5H3/t12?,13-,14-,15-,17?/m1/s1. The SMILES string of the molecule is CCCC(O)(CC)[C@@H]1O[C@@H]2CC(C)CC[C@H]2C(C)(C)S1. The Hall–Kier alpha value is 0.270. The lowest BCUT2D eigenvalue weighted by molar-refractivity contribution is -0.137. The first-order valence-electron chi connectivity index (χ1n) is 8.38. The van der Waals surface area contributed by atoms with E-state index in [0.717, 1.165) is 31.6 Å². The molecule has 20 heavy (non-hydrogen) atoms. The van der Waals surface area contributed by atoms with Gasteiger partial charge in [0.2, 0.25) is 0 Å². The molecule has 2 unspecified atom stereocenters. The van der Waals surface area contributed by atoms with Gasteiger partial charge in [0.05, 0.1) is 11.7 Å². The van der Waals surface area contributed by atoms with E-state index < -0.39 is 5.60 Å². The molecule has 0 aromatic heterocycles. The lowest BCUT2D eigenvalue weighted by atomic mass is 9.74. The molecule has 5 atom stereocenters. The molecule has 3 heteroatoms. The molecule has 118 valence electrons. The quantitative estimate of drug-likeness (QED) is 0.822. The van der Waals surface area contributed by atoms with Gasteiger partial charge in [0.25, 0.3) is 0 Å². The van der Waals surface area contributed by atoms with E-state index >= 15 is 0 Å². The van der Waals surface area contributed by atoms with Crippen LogP contribution >= 0.6 is 11.8 Å². The fourth-order valence-electron chi connectivity index (χ4n) is 3.95. The van der Waals surface area contributed by atoms with Crippen LogP contribution in [0.15, 0.2) is 0 Å². The zero-order valence-electron chi connectivity index (χ0n) is 13.8. The Morgan fingerprint density at radius 3 is 2.60 bits per heavy atom. The van der Waals surface area contributed by atoms with Crippen molar-refractivity contribution in [2.75, 3.05) is 0 Å². The van der Waals surface area contributed by atoms with E-state index in [9.17, 15) is 5.11 Å². The number of hydrogen-bond acceptors (Lipinski definition) is 3. The Kier molecular flexibility index (Phi) is 5.14. The third-order valence-electron chi connectivity index (χ3n) is 5.39. The molecule has 0 radical (unpaired) electrons. The van der Waals surface area contributed by atoms with Gasteiger partial charge in [-0.1, -0.05) is 47.5 Å². The van der Waals surface area contributed by atoms with Crippen molar-refractivity contribution in [1.82, 2.24) is 0 Å². The second kappa shape index (κ2) is 6.18. The average Bonchev–Trinajstić information content (AvgIpc) is 2.37. The number of ether oxygens (including phenoxy) is 1. The molecular formula is C17H32O2S. The van der Waals surface area contributed by atoms with Gasteiger partial charge in [-0.3, -0.25) is 0 Å². The predicted octanol–water partition coefficient (Wildman–Crippen LogP) is 4.60. The summed E-state index contributed by atoms with van der Waals surface area (Å²) < 4.78 is 6.63. The van der Waals surface area contributed by atoms with E-state index in [0.29, 0.717) is 12.0 Å². The summed E-state index contributed by atoms with van der Waals surface area (Å²) in [5.74, 6) is 1.40. The molecule has 2 rings (SSSR count). The van der Waals surface area contributed by atoms with Crippen LogP contribution in [-0.2, 0) is 4.74 Å². The van der Waals surface area contributed by atoms with Gasteiger partial charge >= 0.3 is 0 Å². The van der Waals surface area contributed by atoms with Crippen LogP contribution in [0.3, 0.4) is 0 Å². The van der Waals surface area contributed by atoms with E-state index in [2.05, 4.69) is 34.6 Å². The van der Waals surface area contributed by atoms with Crippen molar-refractivity contribution in [3.05, 3.63) is 0 Å². The van der Waals surface area contributed by atoms with Crippen LogP contribution in [0, 0.1) is 11.8 Å². The molecule has 0 aromatic rings. The average molecular weight is 301 g/mol. The van der Waals surface area contributed by atoms with E-state index in [1.807, 2.05) is 11.8 Å². The molecule has 2 aliphatic rings. The van der Waals surface area contributed by atoms with Gasteiger partial charge in [0.1, 0.15) is 5.44 Å². The minimum Gasteiger partial charge on any atom is -0.386 e. The summed E-state index contributed by atoms with van der Waals surface area (Å²) in [5.41, 5.74) is -0.725. The Bertz CT molecular complexity index is 331. The van der Waals surface area contributed by atoms with Gasteiger partial charge in [-0.15, -0.1) is 11.8 Å². The van der Waals surface area contributed by atoms with Crippen LogP contribution in [0.25, 0.3) is 0 Å². The Morgan fingerprint density at radius 2 is 2.00 bits per heavy atom. The van der Waals surface area contributed by atoms with Crippen LogP contribution in [0.1, 0.15) is 73.1 Å². The minimum absolute atomic E-state index is 0.0611. The molecule has 1 saturated carbocycles. The van der Waals surface area contributed by atoms with Crippen molar-refractivity contribution < 1.29 is 9.84 Å². The maximum atomic E-state index is 11.0. The summed E-state index contributed by atoms with van der Waals surface area (Å²) >= 11 is 1.87. The molecule has 1 saturated heterocycles. The van der Waals surface area contributed by atoms with E-state index in [4.69, 9.17) is 4.74 Å². The van der Waals surface area contributed by atoms with Crippen molar-refractivity contribution in [3.63, 3.8) is 0 Å². The third kappa shape index (κ3) is 3.20. The zero-order valence-corrected chi connectivity index (χ0v) is 14.6. The molecule has 2 nitrogen and oxygen atoms in total. The van der Waals surface area contributed by atoms with Crippen molar-refractivity contribution >= 4 is 11.8 Å². The van der Waals surface area contributed by atoms with Crippen LogP contribution in [0.4, 0.5) is 0 Å². The lowest BCUT2D eigenvalue weighted by Gasteiger charge is -2.53. The Labute approximate surface area is 129 Å². The van der Waals surface area contributed by atoms with Gasteiger partial charge in [-0.05, 0) is 37.5 Å². The normalized spacial score (nSPS) is 39.9. The first-order chi connectivity index (χ1) is 9.32. The van der Waals surface area contributed by atoms with E-state index in [1.54, 1.807) is 0 Å². The highest BCUT2D eigenvalue weighted by Gasteiger charge is 2.51. The first kappa shape index (κ1) is 16.6. The minimum atomic E-state index is -0.664. The van der Waals surface area contributed by atoms with Crippen molar-refractivity contribution in [1.29, 1.82) is 0 Å².